The zero-order valence-corrected chi connectivity index (χ0v) is 18.1. The zero-order valence-electron chi connectivity index (χ0n) is 15.8. The topological polar surface area (TPSA) is 73.9 Å². The second-order valence-electron chi connectivity index (χ2n) is 5.76. The lowest BCUT2D eigenvalue weighted by Gasteiger charge is -2.13. The number of carbonyl (C=O) groups excluding carboxylic acids is 2. The fraction of sp³-hybridized carbons (Fsp3) is 0.200. The van der Waals surface area contributed by atoms with Crippen LogP contribution in [0.1, 0.15) is 12.5 Å². The molecule has 1 unspecified atom stereocenters. The summed E-state index contributed by atoms with van der Waals surface area (Å²) in [6.07, 6.45) is 1.61. The molecular formula is C20H18Cl3NO5. The molecule has 0 fully saturated rings. The van der Waals surface area contributed by atoms with Crippen LogP contribution in [0.25, 0.3) is 6.08 Å². The summed E-state index contributed by atoms with van der Waals surface area (Å²) >= 11 is 18.0. The standard InChI is InChI=1S/C20H18Cl3NO5/c1-11(20(26)24-16-6-5-13(21)10-14(16)22)29-18(25)7-4-12-8-15(23)19(28-3)17(9-12)27-2/h4-11H,1-3H3,(H,24,26)/b7-4+. The van der Waals surface area contributed by atoms with E-state index >= 15 is 0 Å². The minimum Gasteiger partial charge on any atom is -0.493 e. The number of methoxy groups -OCH3 is 2. The Hall–Kier alpha value is -2.41. The summed E-state index contributed by atoms with van der Waals surface area (Å²) in [5, 5.41) is 3.61. The molecule has 0 spiro atoms. The minimum atomic E-state index is -1.05. The highest BCUT2D eigenvalue weighted by Gasteiger charge is 2.18. The fourth-order valence-corrected chi connectivity index (χ4v) is 3.04. The summed E-state index contributed by atoms with van der Waals surface area (Å²) in [6.45, 7) is 1.44. The molecule has 0 saturated carbocycles. The van der Waals surface area contributed by atoms with E-state index in [9.17, 15) is 9.59 Å². The van der Waals surface area contributed by atoms with Crippen molar-refractivity contribution in [2.24, 2.45) is 0 Å². The van der Waals surface area contributed by atoms with E-state index in [1.54, 1.807) is 24.3 Å². The van der Waals surface area contributed by atoms with Gasteiger partial charge in [-0.25, -0.2) is 4.79 Å². The number of carbonyl (C=O) groups is 2. The van der Waals surface area contributed by atoms with Gasteiger partial charge < -0.3 is 19.5 Å². The maximum absolute atomic E-state index is 12.2. The number of rotatable bonds is 7. The number of ether oxygens (including phenoxy) is 3. The van der Waals surface area contributed by atoms with Crippen LogP contribution in [0.5, 0.6) is 11.5 Å². The Morgan fingerprint density at radius 1 is 1.03 bits per heavy atom. The van der Waals surface area contributed by atoms with E-state index < -0.39 is 18.0 Å². The summed E-state index contributed by atoms with van der Waals surface area (Å²) in [5.41, 5.74) is 0.953. The number of anilines is 1. The number of benzene rings is 2. The van der Waals surface area contributed by atoms with E-state index in [1.165, 1.54) is 39.4 Å². The maximum atomic E-state index is 12.2. The Balaban J connectivity index is 2.00. The first-order chi connectivity index (χ1) is 13.7. The van der Waals surface area contributed by atoms with Crippen LogP contribution in [-0.2, 0) is 14.3 Å². The summed E-state index contributed by atoms with van der Waals surface area (Å²) in [5.74, 6) is -0.438. The Labute approximate surface area is 183 Å². The van der Waals surface area contributed by atoms with Crippen molar-refractivity contribution in [2.45, 2.75) is 13.0 Å². The molecule has 0 aliphatic carbocycles. The molecule has 0 bridgehead atoms. The van der Waals surface area contributed by atoms with Gasteiger partial charge in [0.25, 0.3) is 5.91 Å². The van der Waals surface area contributed by atoms with Crippen molar-refractivity contribution in [1.29, 1.82) is 0 Å². The average molecular weight is 459 g/mol. The molecule has 0 saturated heterocycles. The van der Waals surface area contributed by atoms with Crippen molar-refractivity contribution in [1.82, 2.24) is 0 Å². The summed E-state index contributed by atoms with van der Waals surface area (Å²) in [7, 11) is 2.95. The van der Waals surface area contributed by atoms with E-state index in [4.69, 9.17) is 49.0 Å². The largest absolute Gasteiger partial charge is 0.493 e. The number of esters is 1. The molecule has 1 N–H and O–H groups in total. The van der Waals surface area contributed by atoms with Crippen molar-refractivity contribution in [3.05, 3.63) is 57.0 Å². The van der Waals surface area contributed by atoms with Crippen molar-refractivity contribution in [3.8, 4) is 11.5 Å². The highest BCUT2D eigenvalue weighted by Crippen LogP contribution is 2.36. The van der Waals surface area contributed by atoms with Crippen LogP contribution in [0.4, 0.5) is 5.69 Å². The van der Waals surface area contributed by atoms with Gasteiger partial charge in [-0.15, -0.1) is 0 Å². The summed E-state index contributed by atoms with van der Waals surface area (Å²) < 4.78 is 15.5. The molecule has 1 atom stereocenters. The normalized spacial score (nSPS) is 11.8. The Kier molecular flexibility index (Phi) is 8.20. The molecule has 1 amide bonds. The van der Waals surface area contributed by atoms with E-state index in [0.717, 1.165) is 0 Å². The molecule has 0 aliphatic rings. The molecule has 6 nitrogen and oxygen atoms in total. The van der Waals surface area contributed by atoms with Crippen LogP contribution in [0.2, 0.25) is 15.1 Å². The lowest BCUT2D eigenvalue weighted by atomic mass is 10.2. The highest BCUT2D eigenvalue weighted by molar-refractivity contribution is 6.36. The number of halogens is 3. The average Bonchev–Trinajstić information content (AvgIpc) is 2.67. The number of hydrogen-bond donors (Lipinski definition) is 1. The predicted molar refractivity (Wildman–Crippen MR) is 114 cm³/mol. The maximum Gasteiger partial charge on any atom is 0.331 e. The van der Waals surface area contributed by atoms with Gasteiger partial charge in [-0.3, -0.25) is 4.79 Å². The third-order valence-corrected chi connectivity index (χ3v) is 4.55. The van der Waals surface area contributed by atoms with Gasteiger partial charge in [0.2, 0.25) is 0 Å². The highest BCUT2D eigenvalue weighted by atomic mass is 35.5. The fourth-order valence-electron chi connectivity index (χ4n) is 2.29. The van der Waals surface area contributed by atoms with Gasteiger partial charge >= 0.3 is 5.97 Å². The minimum absolute atomic E-state index is 0.273. The van der Waals surface area contributed by atoms with Crippen LogP contribution in [0.15, 0.2) is 36.4 Å². The predicted octanol–water partition coefficient (Wildman–Crippen LogP) is 5.25. The quantitative estimate of drug-likeness (QED) is 0.453. The van der Waals surface area contributed by atoms with E-state index in [1.807, 2.05) is 0 Å². The first-order valence-corrected chi connectivity index (χ1v) is 9.44. The van der Waals surface area contributed by atoms with Gasteiger partial charge in [-0.05, 0) is 48.9 Å². The third-order valence-electron chi connectivity index (χ3n) is 3.72. The third kappa shape index (κ3) is 6.29. The van der Waals surface area contributed by atoms with E-state index in [2.05, 4.69) is 5.32 Å². The smallest absolute Gasteiger partial charge is 0.331 e. The van der Waals surface area contributed by atoms with Gasteiger partial charge in [-0.1, -0.05) is 34.8 Å². The molecule has 29 heavy (non-hydrogen) atoms. The molecule has 9 heteroatoms. The zero-order chi connectivity index (χ0) is 21.6. The second kappa shape index (κ2) is 10.4. The first-order valence-electron chi connectivity index (χ1n) is 8.31. The lowest BCUT2D eigenvalue weighted by molar-refractivity contribution is -0.148. The van der Waals surface area contributed by atoms with Crippen molar-refractivity contribution in [2.75, 3.05) is 19.5 Å². The van der Waals surface area contributed by atoms with E-state index in [0.29, 0.717) is 32.8 Å². The molecule has 2 aromatic rings. The summed E-state index contributed by atoms with van der Waals surface area (Å²) in [6, 6.07) is 7.87. The summed E-state index contributed by atoms with van der Waals surface area (Å²) in [4.78, 5) is 24.2. The molecule has 154 valence electrons. The van der Waals surface area contributed by atoms with Gasteiger partial charge in [-0.2, -0.15) is 0 Å². The molecule has 2 rings (SSSR count). The van der Waals surface area contributed by atoms with E-state index in [-0.39, 0.29) is 5.02 Å². The Morgan fingerprint density at radius 2 is 1.76 bits per heavy atom. The van der Waals surface area contributed by atoms with Crippen molar-refractivity contribution < 1.29 is 23.8 Å². The molecule has 2 aromatic carbocycles. The van der Waals surface area contributed by atoms with Crippen molar-refractivity contribution >= 4 is 58.4 Å². The van der Waals surface area contributed by atoms with Gasteiger partial charge in [0.1, 0.15) is 0 Å². The Bertz CT molecular complexity index is 946. The van der Waals surface area contributed by atoms with Crippen LogP contribution < -0.4 is 14.8 Å². The Morgan fingerprint density at radius 3 is 2.38 bits per heavy atom. The van der Waals surface area contributed by atoms with Crippen LogP contribution in [-0.4, -0.2) is 32.2 Å². The number of hydrogen-bond acceptors (Lipinski definition) is 5. The van der Waals surface area contributed by atoms with Crippen LogP contribution in [0.3, 0.4) is 0 Å². The van der Waals surface area contributed by atoms with Gasteiger partial charge in [0.15, 0.2) is 17.6 Å². The molecular weight excluding hydrogens is 441 g/mol. The van der Waals surface area contributed by atoms with Crippen LogP contribution >= 0.6 is 34.8 Å². The van der Waals surface area contributed by atoms with Crippen molar-refractivity contribution in [3.63, 3.8) is 0 Å². The van der Waals surface area contributed by atoms with Gasteiger partial charge in [0, 0.05) is 11.1 Å². The molecule has 0 aromatic heterocycles. The molecule has 0 aliphatic heterocycles. The van der Waals surface area contributed by atoms with Gasteiger partial charge in [0.05, 0.1) is 30.0 Å². The second-order valence-corrected chi connectivity index (χ2v) is 7.01. The molecule has 0 heterocycles. The SMILES string of the molecule is COc1cc(/C=C/C(=O)OC(C)C(=O)Nc2ccc(Cl)cc2Cl)cc(Cl)c1OC. The number of nitrogens with one attached hydrogen (secondary N) is 1. The lowest BCUT2D eigenvalue weighted by Crippen LogP contribution is -2.29. The number of amides is 1. The first kappa shape index (κ1) is 22.9. The monoisotopic (exact) mass is 457 g/mol. The molecule has 0 radical (unpaired) electrons. The van der Waals surface area contributed by atoms with Crippen LogP contribution in [0, 0.1) is 0 Å².